The van der Waals surface area contributed by atoms with Crippen LogP contribution in [0.5, 0.6) is 0 Å². The second kappa shape index (κ2) is 11.2. The summed E-state index contributed by atoms with van der Waals surface area (Å²) in [6.07, 6.45) is 0. The summed E-state index contributed by atoms with van der Waals surface area (Å²) in [6.45, 7) is 0. The summed E-state index contributed by atoms with van der Waals surface area (Å²) in [7, 11) is 0. The third-order valence-electron chi connectivity index (χ3n) is 10.4. The zero-order valence-corrected chi connectivity index (χ0v) is 28.0. The molecule has 52 heavy (non-hydrogen) atoms. The molecule has 0 unspecified atom stereocenters. The van der Waals surface area contributed by atoms with Crippen LogP contribution >= 0.6 is 0 Å². The summed E-state index contributed by atoms with van der Waals surface area (Å²) in [5, 5.41) is 8.98. The van der Waals surface area contributed by atoms with Gasteiger partial charge in [0.2, 0.25) is 11.7 Å². The minimum Gasteiger partial charge on any atom is -0.437 e. The summed E-state index contributed by atoms with van der Waals surface area (Å²) >= 11 is 0. The van der Waals surface area contributed by atoms with Crippen molar-refractivity contribution >= 4 is 65.4 Å². The van der Waals surface area contributed by atoms with Crippen LogP contribution in [0.25, 0.3) is 105 Å². The molecule has 4 heteroatoms. The molecular formula is C48H29N3O. The molecule has 0 aliphatic rings. The predicted octanol–water partition coefficient (Wildman–Crippen LogP) is 12.8. The Balaban J connectivity index is 1.21. The molecule has 4 nitrogen and oxygen atoms in total. The van der Waals surface area contributed by atoms with Crippen molar-refractivity contribution in [1.82, 2.24) is 14.5 Å². The van der Waals surface area contributed by atoms with Gasteiger partial charge in [-0.15, -0.1) is 0 Å². The van der Waals surface area contributed by atoms with Crippen molar-refractivity contribution in [3.63, 3.8) is 0 Å². The van der Waals surface area contributed by atoms with E-state index >= 15 is 0 Å². The molecule has 0 aliphatic carbocycles. The fourth-order valence-electron chi connectivity index (χ4n) is 8.13. The second-order valence-corrected chi connectivity index (χ2v) is 13.3. The van der Waals surface area contributed by atoms with E-state index in [-0.39, 0.29) is 0 Å². The first kappa shape index (κ1) is 28.8. The van der Waals surface area contributed by atoms with Gasteiger partial charge in [-0.05, 0) is 56.6 Å². The number of benzene rings is 8. The van der Waals surface area contributed by atoms with Crippen LogP contribution in [0.15, 0.2) is 180 Å². The molecule has 3 heterocycles. The fourth-order valence-corrected chi connectivity index (χ4v) is 8.13. The van der Waals surface area contributed by atoms with E-state index in [9.17, 15) is 0 Å². The van der Waals surface area contributed by atoms with Gasteiger partial charge in [0.25, 0.3) is 0 Å². The van der Waals surface area contributed by atoms with E-state index in [1.54, 1.807) is 0 Å². The Morgan fingerprint density at radius 1 is 0.423 bits per heavy atom. The highest BCUT2D eigenvalue weighted by Crippen LogP contribution is 2.41. The van der Waals surface area contributed by atoms with E-state index in [4.69, 9.17) is 14.4 Å². The molecule has 242 valence electrons. The standard InChI is InChI=1S/C48H29N3O/c1-2-13-30(14-3-1)35-23-11-16-32-17-12-24-36(43(32)35)33-18-10-19-34(29-33)45-44-40-22-7-9-26-42(40)52-47(44)50-48(49-45)51-41-25-8-6-21-38(41)39-28-27-31-15-4-5-20-37(31)46(39)51/h1-29H. The minimum atomic E-state index is 0.564. The molecule has 8 aromatic carbocycles. The zero-order valence-electron chi connectivity index (χ0n) is 28.0. The summed E-state index contributed by atoms with van der Waals surface area (Å²) in [5.41, 5.74) is 10.0. The van der Waals surface area contributed by atoms with Gasteiger partial charge in [0.1, 0.15) is 5.58 Å². The Bertz CT molecular complexity index is 3180. The van der Waals surface area contributed by atoms with E-state index in [1.807, 2.05) is 18.2 Å². The van der Waals surface area contributed by atoms with Crippen LogP contribution in [0, 0.1) is 0 Å². The number of rotatable bonds is 4. The molecule has 0 radical (unpaired) electrons. The largest absolute Gasteiger partial charge is 0.437 e. The van der Waals surface area contributed by atoms with Crippen molar-refractivity contribution in [2.75, 3.05) is 0 Å². The van der Waals surface area contributed by atoms with E-state index in [1.165, 1.54) is 32.8 Å². The number of aromatic nitrogens is 3. The number of hydrogen-bond acceptors (Lipinski definition) is 3. The van der Waals surface area contributed by atoms with Crippen LogP contribution < -0.4 is 0 Å². The third-order valence-corrected chi connectivity index (χ3v) is 10.4. The quantitative estimate of drug-likeness (QED) is 0.188. The number of furan rings is 1. The van der Waals surface area contributed by atoms with Crippen LogP contribution in [-0.4, -0.2) is 14.5 Å². The monoisotopic (exact) mass is 663 g/mol. The minimum absolute atomic E-state index is 0.564. The van der Waals surface area contributed by atoms with Crippen LogP contribution in [0.2, 0.25) is 0 Å². The van der Waals surface area contributed by atoms with Crippen LogP contribution in [0.3, 0.4) is 0 Å². The Morgan fingerprint density at radius 2 is 1.08 bits per heavy atom. The van der Waals surface area contributed by atoms with Gasteiger partial charge in [0.05, 0.1) is 22.1 Å². The number of nitrogens with zero attached hydrogens (tertiary/aromatic N) is 3. The first-order valence-electron chi connectivity index (χ1n) is 17.6. The molecule has 0 amide bonds. The van der Waals surface area contributed by atoms with E-state index in [2.05, 4.69) is 162 Å². The van der Waals surface area contributed by atoms with E-state index in [0.717, 1.165) is 60.4 Å². The number of para-hydroxylation sites is 2. The normalized spacial score (nSPS) is 11.8. The lowest BCUT2D eigenvalue weighted by Gasteiger charge is -2.14. The maximum atomic E-state index is 6.54. The molecule has 0 atom stereocenters. The van der Waals surface area contributed by atoms with Crippen molar-refractivity contribution in [1.29, 1.82) is 0 Å². The van der Waals surface area contributed by atoms with E-state index < -0.39 is 0 Å². The van der Waals surface area contributed by atoms with Crippen molar-refractivity contribution in [3.8, 4) is 39.5 Å². The Morgan fingerprint density at radius 3 is 1.94 bits per heavy atom. The average Bonchev–Trinajstić information content (AvgIpc) is 3.76. The first-order chi connectivity index (χ1) is 25.8. The van der Waals surface area contributed by atoms with Gasteiger partial charge in [0.15, 0.2) is 0 Å². The Hall–Kier alpha value is -7.04. The highest BCUT2D eigenvalue weighted by molar-refractivity contribution is 6.19. The molecule has 11 rings (SSSR count). The lowest BCUT2D eigenvalue weighted by atomic mass is 9.90. The number of hydrogen-bond donors (Lipinski definition) is 0. The summed E-state index contributed by atoms with van der Waals surface area (Å²) in [4.78, 5) is 10.7. The van der Waals surface area contributed by atoms with Crippen molar-refractivity contribution in [3.05, 3.63) is 176 Å². The lowest BCUT2D eigenvalue weighted by Crippen LogP contribution is -2.03. The second-order valence-electron chi connectivity index (χ2n) is 13.3. The first-order valence-corrected chi connectivity index (χ1v) is 17.6. The third kappa shape index (κ3) is 4.28. The van der Waals surface area contributed by atoms with Crippen LogP contribution in [-0.2, 0) is 0 Å². The number of fused-ring (bicyclic) bond motifs is 9. The fraction of sp³-hybridized carbons (Fsp3) is 0. The van der Waals surface area contributed by atoms with Crippen LogP contribution in [0.1, 0.15) is 0 Å². The molecule has 0 N–H and O–H groups in total. The highest BCUT2D eigenvalue weighted by Gasteiger charge is 2.22. The summed E-state index contributed by atoms with van der Waals surface area (Å²) in [5.74, 6) is 0.575. The van der Waals surface area contributed by atoms with Gasteiger partial charge in [-0.3, -0.25) is 4.57 Å². The van der Waals surface area contributed by atoms with Gasteiger partial charge in [-0.2, -0.15) is 4.98 Å². The molecule has 3 aromatic heterocycles. The van der Waals surface area contributed by atoms with Crippen LogP contribution in [0.4, 0.5) is 0 Å². The smallest absolute Gasteiger partial charge is 0.238 e. The van der Waals surface area contributed by atoms with Gasteiger partial charge < -0.3 is 4.42 Å². The average molecular weight is 664 g/mol. The van der Waals surface area contributed by atoms with Crippen molar-refractivity contribution < 1.29 is 4.42 Å². The molecule has 0 saturated carbocycles. The highest BCUT2D eigenvalue weighted by atomic mass is 16.3. The van der Waals surface area contributed by atoms with Crippen molar-refractivity contribution in [2.45, 2.75) is 0 Å². The lowest BCUT2D eigenvalue weighted by molar-refractivity contribution is 0.651. The molecule has 11 aromatic rings. The SMILES string of the molecule is c1ccc(-c2cccc3cccc(-c4cccc(-c5nc(-n6c7ccccc7c7ccc8ccccc8c76)nc6oc7ccccc7c56)c4)c23)cc1. The van der Waals surface area contributed by atoms with Gasteiger partial charge >= 0.3 is 0 Å². The maximum Gasteiger partial charge on any atom is 0.238 e. The maximum absolute atomic E-state index is 6.54. The van der Waals surface area contributed by atoms with E-state index in [0.29, 0.717) is 11.7 Å². The molecule has 0 aliphatic heterocycles. The Labute approximate surface area is 298 Å². The topological polar surface area (TPSA) is 43.9 Å². The Kier molecular flexibility index (Phi) is 6.22. The molecule has 0 spiro atoms. The van der Waals surface area contributed by atoms with Gasteiger partial charge in [-0.25, -0.2) is 4.98 Å². The summed E-state index contributed by atoms with van der Waals surface area (Å²) < 4.78 is 8.75. The predicted molar refractivity (Wildman–Crippen MR) is 215 cm³/mol. The van der Waals surface area contributed by atoms with Gasteiger partial charge in [-0.1, -0.05) is 158 Å². The molecule has 0 fully saturated rings. The van der Waals surface area contributed by atoms with Crippen molar-refractivity contribution in [2.24, 2.45) is 0 Å². The molecule has 0 bridgehead atoms. The zero-order chi connectivity index (χ0) is 34.2. The summed E-state index contributed by atoms with van der Waals surface area (Å²) in [6, 6.07) is 62.1. The molecular weight excluding hydrogens is 635 g/mol. The van der Waals surface area contributed by atoms with Gasteiger partial charge in [0, 0.05) is 27.1 Å². The molecule has 0 saturated heterocycles.